The maximum Gasteiger partial charge on any atom is 0.409 e. The van der Waals surface area contributed by atoms with Crippen LogP contribution in [0.15, 0.2) is 18.2 Å². The van der Waals surface area contributed by atoms with Gasteiger partial charge in [0.05, 0.1) is 10.0 Å². The fraction of sp³-hybridized carbons (Fsp3) is 0.400. The number of nitrogens with two attached hydrogens (primary N) is 1. The molecule has 0 saturated carbocycles. The largest absolute Gasteiger partial charge is 0.409 e. The first-order valence-electron chi connectivity index (χ1n) is 4.72. The normalized spacial score (nSPS) is 13.6. The molecule has 2 N–H and O–H groups in total. The average molecular weight is 287 g/mol. The molecule has 0 heterocycles. The Morgan fingerprint density at radius 1 is 1.29 bits per heavy atom. The standard InChI is InChI=1S/C10H11Cl2F3N2/c1-17(9(5-16)10(13,14)15)6-2-3-7(11)8(12)4-6/h2-4,9H,5,16H2,1H3. The Balaban J connectivity index is 3.02. The minimum Gasteiger partial charge on any atom is -0.362 e. The van der Waals surface area contributed by atoms with E-state index in [0.717, 1.165) is 4.90 Å². The highest BCUT2D eigenvalue weighted by molar-refractivity contribution is 6.42. The van der Waals surface area contributed by atoms with Crippen molar-refractivity contribution < 1.29 is 13.2 Å². The maximum absolute atomic E-state index is 12.7. The molecule has 1 rings (SSSR count). The number of benzene rings is 1. The molecule has 1 atom stereocenters. The monoisotopic (exact) mass is 286 g/mol. The molecule has 17 heavy (non-hydrogen) atoms. The molecule has 0 aromatic heterocycles. The van der Waals surface area contributed by atoms with Gasteiger partial charge in [-0.05, 0) is 18.2 Å². The Hall–Kier alpha value is -0.650. The van der Waals surface area contributed by atoms with Crippen molar-refractivity contribution in [2.45, 2.75) is 12.2 Å². The molecule has 0 aliphatic carbocycles. The summed E-state index contributed by atoms with van der Waals surface area (Å²) < 4.78 is 38.0. The number of hydrogen-bond acceptors (Lipinski definition) is 2. The van der Waals surface area contributed by atoms with Crippen LogP contribution >= 0.6 is 23.2 Å². The lowest BCUT2D eigenvalue weighted by molar-refractivity contribution is -0.145. The van der Waals surface area contributed by atoms with Gasteiger partial charge in [0.2, 0.25) is 0 Å². The summed E-state index contributed by atoms with van der Waals surface area (Å²) in [5.74, 6) is 0. The molecular weight excluding hydrogens is 276 g/mol. The van der Waals surface area contributed by atoms with E-state index < -0.39 is 18.8 Å². The maximum atomic E-state index is 12.7. The van der Waals surface area contributed by atoms with Crippen molar-refractivity contribution in [1.29, 1.82) is 0 Å². The third-order valence-corrected chi connectivity index (χ3v) is 3.12. The van der Waals surface area contributed by atoms with Crippen LogP contribution in [0.5, 0.6) is 0 Å². The first-order chi connectivity index (χ1) is 7.77. The Morgan fingerprint density at radius 2 is 1.88 bits per heavy atom. The predicted octanol–water partition coefficient (Wildman–Crippen LogP) is 3.32. The number of anilines is 1. The van der Waals surface area contributed by atoms with E-state index in [-0.39, 0.29) is 5.02 Å². The molecule has 1 unspecified atom stereocenters. The van der Waals surface area contributed by atoms with Crippen molar-refractivity contribution in [1.82, 2.24) is 0 Å². The van der Waals surface area contributed by atoms with Crippen molar-refractivity contribution in [3.63, 3.8) is 0 Å². The molecule has 0 spiro atoms. The SMILES string of the molecule is CN(c1ccc(Cl)c(Cl)c1)C(CN)C(F)(F)F. The molecule has 2 nitrogen and oxygen atoms in total. The van der Waals surface area contributed by atoms with E-state index in [1.165, 1.54) is 25.2 Å². The van der Waals surface area contributed by atoms with Gasteiger partial charge in [-0.15, -0.1) is 0 Å². The van der Waals surface area contributed by atoms with Gasteiger partial charge in [0.1, 0.15) is 6.04 Å². The fourth-order valence-corrected chi connectivity index (χ4v) is 1.69. The summed E-state index contributed by atoms with van der Waals surface area (Å²) in [6, 6.07) is 2.53. The average Bonchev–Trinajstić information content (AvgIpc) is 2.20. The third kappa shape index (κ3) is 3.40. The molecule has 0 amide bonds. The van der Waals surface area contributed by atoms with Gasteiger partial charge in [0, 0.05) is 19.3 Å². The lowest BCUT2D eigenvalue weighted by atomic mass is 10.2. The molecular formula is C10H11Cl2F3N2. The fourth-order valence-electron chi connectivity index (χ4n) is 1.40. The third-order valence-electron chi connectivity index (χ3n) is 2.38. The molecule has 1 aromatic rings. The summed E-state index contributed by atoms with van der Waals surface area (Å²) in [6.45, 7) is -0.528. The molecule has 0 aliphatic rings. The molecule has 1 aromatic carbocycles. The summed E-state index contributed by atoms with van der Waals surface area (Å²) in [4.78, 5) is 1.03. The van der Waals surface area contributed by atoms with Crippen molar-refractivity contribution in [2.24, 2.45) is 5.73 Å². The summed E-state index contributed by atoms with van der Waals surface area (Å²) in [6.07, 6.45) is -4.39. The quantitative estimate of drug-likeness (QED) is 0.924. The van der Waals surface area contributed by atoms with Gasteiger partial charge in [-0.1, -0.05) is 23.2 Å². The second-order valence-corrected chi connectivity index (χ2v) is 4.32. The molecule has 0 fully saturated rings. The van der Waals surface area contributed by atoms with E-state index in [4.69, 9.17) is 28.9 Å². The van der Waals surface area contributed by atoms with Crippen molar-refractivity contribution >= 4 is 28.9 Å². The summed E-state index contributed by atoms with van der Waals surface area (Å²) >= 11 is 11.4. The van der Waals surface area contributed by atoms with E-state index >= 15 is 0 Å². The highest BCUT2D eigenvalue weighted by Gasteiger charge is 2.41. The lowest BCUT2D eigenvalue weighted by Crippen LogP contribution is -2.48. The van der Waals surface area contributed by atoms with E-state index in [1.54, 1.807) is 0 Å². The molecule has 96 valence electrons. The summed E-state index contributed by atoms with van der Waals surface area (Å²) in [7, 11) is 1.31. The van der Waals surface area contributed by atoms with E-state index in [0.29, 0.717) is 10.7 Å². The van der Waals surface area contributed by atoms with Crippen molar-refractivity contribution in [3.05, 3.63) is 28.2 Å². The summed E-state index contributed by atoms with van der Waals surface area (Å²) in [5, 5.41) is 0.495. The predicted molar refractivity (Wildman–Crippen MR) is 63.8 cm³/mol. The zero-order valence-corrected chi connectivity index (χ0v) is 10.4. The Bertz CT molecular complexity index is 396. The second kappa shape index (κ2) is 5.33. The molecule has 0 bridgehead atoms. The minimum absolute atomic E-state index is 0.203. The molecule has 7 heteroatoms. The Labute approximate surface area is 107 Å². The van der Waals surface area contributed by atoms with Gasteiger partial charge in [0.15, 0.2) is 0 Å². The molecule has 0 saturated heterocycles. The van der Waals surface area contributed by atoms with Crippen molar-refractivity contribution in [2.75, 3.05) is 18.5 Å². The Kier molecular flexibility index (Phi) is 4.52. The number of likely N-dealkylation sites (N-methyl/N-ethyl adjacent to an activating group) is 1. The molecule has 0 aliphatic heterocycles. The second-order valence-electron chi connectivity index (χ2n) is 3.50. The van der Waals surface area contributed by atoms with Crippen LogP contribution in [-0.2, 0) is 0 Å². The van der Waals surface area contributed by atoms with Crippen LogP contribution in [0.3, 0.4) is 0 Å². The number of nitrogens with zero attached hydrogens (tertiary/aromatic N) is 1. The van der Waals surface area contributed by atoms with Crippen LogP contribution in [0, 0.1) is 0 Å². The number of rotatable bonds is 3. The highest BCUT2D eigenvalue weighted by Crippen LogP contribution is 2.31. The number of halogens is 5. The van der Waals surface area contributed by atoms with E-state index in [9.17, 15) is 13.2 Å². The Morgan fingerprint density at radius 3 is 2.29 bits per heavy atom. The highest BCUT2D eigenvalue weighted by atomic mass is 35.5. The van der Waals surface area contributed by atoms with Gasteiger partial charge in [-0.25, -0.2) is 0 Å². The van der Waals surface area contributed by atoms with E-state index in [2.05, 4.69) is 0 Å². The van der Waals surface area contributed by atoms with Gasteiger partial charge < -0.3 is 10.6 Å². The summed E-state index contributed by atoms with van der Waals surface area (Å²) in [5.41, 5.74) is 5.46. The lowest BCUT2D eigenvalue weighted by Gasteiger charge is -2.30. The van der Waals surface area contributed by atoms with Crippen LogP contribution in [0.4, 0.5) is 18.9 Å². The topological polar surface area (TPSA) is 29.3 Å². The van der Waals surface area contributed by atoms with Crippen molar-refractivity contribution in [3.8, 4) is 0 Å². The zero-order valence-electron chi connectivity index (χ0n) is 8.93. The number of hydrogen-bond donors (Lipinski definition) is 1. The van der Waals surface area contributed by atoms with Gasteiger partial charge >= 0.3 is 6.18 Å². The van der Waals surface area contributed by atoms with Gasteiger partial charge in [0.25, 0.3) is 0 Å². The van der Waals surface area contributed by atoms with Crippen LogP contribution in [-0.4, -0.2) is 25.8 Å². The van der Waals surface area contributed by atoms with Crippen LogP contribution in [0.1, 0.15) is 0 Å². The van der Waals surface area contributed by atoms with Crippen LogP contribution in [0.25, 0.3) is 0 Å². The first-order valence-corrected chi connectivity index (χ1v) is 5.47. The van der Waals surface area contributed by atoms with Crippen LogP contribution in [0.2, 0.25) is 10.0 Å². The van der Waals surface area contributed by atoms with E-state index in [1.807, 2.05) is 0 Å². The zero-order chi connectivity index (χ0) is 13.2. The minimum atomic E-state index is -4.39. The first kappa shape index (κ1) is 14.4. The van der Waals surface area contributed by atoms with Gasteiger partial charge in [-0.2, -0.15) is 13.2 Å². The number of alkyl halides is 3. The van der Waals surface area contributed by atoms with Gasteiger partial charge in [-0.3, -0.25) is 0 Å². The van der Waals surface area contributed by atoms with Crippen LogP contribution < -0.4 is 10.6 Å². The smallest absolute Gasteiger partial charge is 0.362 e. The molecule has 0 radical (unpaired) electrons.